The number of hydrogen-bond acceptors (Lipinski definition) is 3. The van der Waals surface area contributed by atoms with Crippen LogP contribution in [-0.4, -0.2) is 73.0 Å². The molecule has 2 fully saturated rings. The average Bonchev–Trinajstić information content (AvgIpc) is 2.78. The van der Waals surface area contributed by atoms with Gasteiger partial charge in [0.15, 0.2) is 0 Å². The minimum Gasteiger partial charge on any atom is -0.340 e. The molecule has 2 rings (SSSR count). The number of nitrogens with zero attached hydrogens (tertiary/aromatic N) is 3. The number of carbonyl (C=O) groups is 1. The van der Waals surface area contributed by atoms with E-state index >= 15 is 0 Å². The van der Waals surface area contributed by atoms with Crippen molar-refractivity contribution < 1.29 is 4.79 Å². The Kier molecular flexibility index (Phi) is 4.05. The fraction of sp³-hybridized carbons (Fsp3) is 0.923. The molecule has 1 amide bonds. The summed E-state index contributed by atoms with van der Waals surface area (Å²) >= 11 is 0. The molecule has 2 saturated heterocycles. The molecule has 98 valence electrons. The normalized spacial score (nSPS) is 28.0. The number of likely N-dealkylation sites (N-methyl/N-ethyl adjacent to an activating group) is 1. The van der Waals surface area contributed by atoms with Gasteiger partial charge in [0.1, 0.15) is 0 Å². The molecule has 2 heterocycles. The number of amides is 1. The molecule has 0 radical (unpaired) electrons. The first-order chi connectivity index (χ1) is 8.08. The van der Waals surface area contributed by atoms with E-state index in [1.165, 1.54) is 0 Å². The maximum atomic E-state index is 12.4. The Morgan fingerprint density at radius 3 is 2.29 bits per heavy atom. The lowest BCUT2D eigenvalue weighted by Gasteiger charge is -2.34. The lowest BCUT2D eigenvalue weighted by atomic mass is 10.1. The first-order valence-electron chi connectivity index (χ1n) is 6.79. The summed E-state index contributed by atoms with van der Waals surface area (Å²) in [5.41, 5.74) is 0. The summed E-state index contributed by atoms with van der Waals surface area (Å²) in [7, 11) is 2.12. The standard InChI is InChI=1S/C13H25N3O/c1-11(2)16-5-4-12(10-16)13(17)15-8-6-14(3)7-9-15/h11-12H,4-10H2,1-3H3. The number of piperazine rings is 1. The zero-order valence-corrected chi connectivity index (χ0v) is 11.4. The van der Waals surface area contributed by atoms with Gasteiger partial charge >= 0.3 is 0 Å². The van der Waals surface area contributed by atoms with Crippen LogP contribution in [0.4, 0.5) is 0 Å². The van der Waals surface area contributed by atoms with Gasteiger partial charge in [0.05, 0.1) is 5.92 Å². The topological polar surface area (TPSA) is 26.8 Å². The van der Waals surface area contributed by atoms with Gasteiger partial charge in [-0.1, -0.05) is 0 Å². The Morgan fingerprint density at radius 1 is 1.12 bits per heavy atom. The van der Waals surface area contributed by atoms with E-state index < -0.39 is 0 Å². The van der Waals surface area contributed by atoms with E-state index in [1.54, 1.807) is 0 Å². The second-order valence-corrected chi connectivity index (χ2v) is 5.70. The highest BCUT2D eigenvalue weighted by atomic mass is 16.2. The number of hydrogen-bond donors (Lipinski definition) is 0. The highest BCUT2D eigenvalue weighted by molar-refractivity contribution is 5.79. The summed E-state index contributed by atoms with van der Waals surface area (Å²) in [6, 6.07) is 0.570. The first-order valence-corrected chi connectivity index (χ1v) is 6.79. The largest absolute Gasteiger partial charge is 0.340 e. The van der Waals surface area contributed by atoms with Crippen LogP contribution in [0, 0.1) is 5.92 Å². The molecule has 0 saturated carbocycles. The molecule has 0 aromatic carbocycles. The van der Waals surface area contributed by atoms with Crippen molar-refractivity contribution in [2.24, 2.45) is 5.92 Å². The molecule has 17 heavy (non-hydrogen) atoms. The van der Waals surface area contributed by atoms with Gasteiger partial charge in [0, 0.05) is 38.8 Å². The Balaban J connectivity index is 1.84. The predicted octanol–water partition coefficient (Wildman–Crippen LogP) is 0.491. The summed E-state index contributed by atoms with van der Waals surface area (Å²) < 4.78 is 0. The van der Waals surface area contributed by atoms with Crippen molar-refractivity contribution in [3.05, 3.63) is 0 Å². The fourth-order valence-electron chi connectivity index (χ4n) is 2.74. The van der Waals surface area contributed by atoms with Crippen LogP contribution in [0.15, 0.2) is 0 Å². The van der Waals surface area contributed by atoms with Crippen LogP contribution in [0.25, 0.3) is 0 Å². The Hall–Kier alpha value is -0.610. The molecule has 0 aliphatic carbocycles. The van der Waals surface area contributed by atoms with Crippen molar-refractivity contribution in [2.75, 3.05) is 46.3 Å². The second kappa shape index (κ2) is 5.36. The minimum absolute atomic E-state index is 0.251. The first kappa shape index (κ1) is 12.8. The van der Waals surface area contributed by atoms with E-state index in [2.05, 4.69) is 35.6 Å². The van der Waals surface area contributed by atoms with Crippen molar-refractivity contribution in [3.63, 3.8) is 0 Å². The third kappa shape index (κ3) is 2.99. The van der Waals surface area contributed by atoms with Gasteiger partial charge in [-0.3, -0.25) is 4.79 Å². The quantitative estimate of drug-likeness (QED) is 0.702. The molecule has 0 bridgehead atoms. The molecule has 1 unspecified atom stereocenters. The van der Waals surface area contributed by atoms with Crippen molar-refractivity contribution in [1.29, 1.82) is 0 Å². The second-order valence-electron chi connectivity index (χ2n) is 5.70. The Bertz CT molecular complexity index is 272. The van der Waals surface area contributed by atoms with E-state index in [0.717, 1.165) is 45.7 Å². The molecular formula is C13H25N3O. The van der Waals surface area contributed by atoms with Crippen molar-refractivity contribution in [2.45, 2.75) is 26.3 Å². The van der Waals surface area contributed by atoms with Crippen LogP contribution in [0.3, 0.4) is 0 Å². The summed E-state index contributed by atoms with van der Waals surface area (Å²) in [5, 5.41) is 0. The zero-order valence-electron chi connectivity index (χ0n) is 11.4. The van der Waals surface area contributed by atoms with Crippen LogP contribution < -0.4 is 0 Å². The Labute approximate surface area is 105 Å². The van der Waals surface area contributed by atoms with Gasteiger partial charge in [-0.15, -0.1) is 0 Å². The van der Waals surface area contributed by atoms with Crippen molar-refractivity contribution >= 4 is 5.91 Å². The highest BCUT2D eigenvalue weighted by Gasteiger charge is 2.33. The molecule has 0 aromatic heterocycles. The number of likely N-dealkylation sites (tertiary alicyclic amines) is 1. The van der Waals surface area contributed by atoms with E-state index in [-0.39, 0.29) is 5.92 Å². The molecule has 4 nitrogen and oxygen atoms in total. The maximum Gasteiger partial charge on any atom is 0.227 e. The minimum atomic E-state index is 0.251. The van der Waals surface area contributed by atoms with E-state index in [1.807, 2.05) is 0 Å². The maximum absolute atomic E-state index is 12.4. The van der Waals surface area contributed by atoms with Crippen LogP contribution in [0.2, 0.25) is 0 Å². The molecule has 0 aromatic rings. The van der Waals surface area contributed by atoms with Gasteiger partial charge in [-0.25, -0.2) is 0 Å². The predicted molar refractivity (Wildman–Crippen MR) is 68.9 cm³/mol. The Morgan fingerprint density at radius 2 is 1.76 bits per heavy atom. The van der Waals surface area contributed by atoms with Crippen LogP contribution >= 0.6 is 0 Å². The van der Waals surface area contributed by atoms with Crippen molar-refractivity contribution in [3.8, 4) is 0 Å². The summed E-state index contributed by atoms with van der Waals surface area (Å²) in [5.74, 6) is 0.641. The van der Waals surface area contributed by atoms with Crippen LogP contribution in [0.1, 0.15) is 20.3 Å². The third-order valence-corrected chi connectivity index (χ3v) is 4.11. The molecule has 4 heteroatoms. The molecule has 2 aliphatic rings. The van der Waals surface area contributed by atoms with Gasteiger partial charge in [-0.2, -0.15) is 0 Å². The zero-order chi connectivity index (χ0) is 12.4. The number of rotatable bonds is 2. The van der Waals surface area contributed by atoms with Crippen molar-refractivity contribution in [1.82, 2.24) is 14.7 Å². The molecule has 2 aliphatic heterocycles. The van der Waals surface area contributed by atoms with Gasteiger partial charge in [0.25, 0.3) is 0 Å². The lowest BCUT2D eigenvalue weighted by Crippen LogP contribution is -2.49. The summed E-state index contributed by atoms with van der Waals surface area (Å²) in [4.78, 5) is 19.1. The third-order valence-electron chi connectivity index (χ3n) is 4.11. The summed E-state index contributed by atoms with van der Waals surface area (Å²) in [6.07, 6.45) is 1.04. The summed E-state index contributed by atoms with van der Waals surface area (Å²) in [6.45, 7) is 10.3. The molecule has 1 atom stereocenters. The highest BCUT2D eigenvalue weighted by Crippen LogP contribution is 2.21. The van der Waals surface area contributed by atoms with E-state index in [4.69, 9.17) is 0 Å². The van der Waals surface area contributed by atoms with Gasteiger partial charge in [-0.05, 0) is 33.9 Å². The van der Waals surface area contributed by atoms with Gasteiger partial charge < -0.3 is 14.7 Å². The van der Waals surface area contributed by atoms with E-state index in [0.29, 0.717) is 11.9 Å². The molecule has 0 spiro atoms. The van der Waals surface area contributed by atoms with Crippen LogP contribution in [0.5, 0.6) is 0 Å². The lowest BCUT2D eigenvalue weighted by molar-refractivity contribution is -0.136. The van der Waals surface area contributed by atoms with Crippen LogP contribution in [-0.2, 0) is 4.79 Å². The SMILES string of the molecule is CC(C)N1CCC(C(=O)N2CCN(C)CC2)C1. The number of carbonyl (C=O) groups excluding carboxylic acids is 1. The molecule has 0 N–H and O–H groups in total. The average molecular weight is 239 g/mol. The smallest absolute Gasteiger partial charge is 0.227 e. The molecular weight excluding hydrogens is 214 g/mol. The monoisotopic (exact) mass is 239 g/mol. The fourth-order valence-corrected chi connectivity index (χ4v) is 2.74. The van der Waals surface area contributed by atoms with Gasteiger partial charge in [0.2, 0.25) is 5.91 Å². The van der Waals surface area contributed by atoms with E-state index in [9.17, 15) is 4.79 Å².